The van der Waals surface area contributed by atoms with Gasteiger partial charge in [0, 0.05) is 17.6 Å². The zero-order valence-corrected chi connectivity index (χ0v) is 21.9. The number of methoxy groups -OCH3 is 1. The molecule has 1 aliphatic rings. The molecule has 9 nitrogen and oxygen atoms in total. The highest BCUT2D eigenvalue weighted by atomic mass is 32.2. The Labute approximate surface area is 220 Å². The number of anilines is 1. The summed E-state index contributed by atoms with van der Waals surface area (Å²) in [5, 5.41) is 4.51. The van der Waals surface area contributed by atoms with Crippen molar-refractivity contribution in [1.29, 1.82) is 0 Å². The molecule has 3 aromatic rings. The van der Waals surface area contributed by atoms with E-state index in [2.05, 4.69) is 5.32 Å². The Morgan fingerprint density at radius 2 is 1.89 bits per heavy atom. The molecule has 37 heavy (non-hydrogen) atoms. The second kappa shape index (κ2) is 11.7. The fraction of sp³-hybridized carbons (Fsp3) is 0.269. The Morgan fingerprint density at radius 3 is 2.57 bits per heavy atom. The van der Waals surface area contributed by atoms with Gasteiger partial charge in [-0.05, 0) is 29.7 Å². The number of hydrogen-bond acceptors (Lipinski definition) is 8. The van der Waals surface area contributed by atoms with Gasteiger partial charge in [-0.25, -0.2) is 0 Å². The molecule has 1 aliphatic heterocycles. The first kappa shape index (κ1) is 26.5. The molecule has 1 N–H and O–H groups in total. The Hall–Kier alpha value is -3.54. The third-order valence-corrected chi connectivity index (χ3v) is 7.39. The number of thiophene rings is 1. The number of amides is 3. The summed E-state index contributed by atoms with van der Waals surface area (Å²) in [4.78, 5) is 39.8. The van der Waals surface area contributed by atoms with E-state index >= 15 is 0 Å². The van der Waals surface area contributed by atoms with Crippen LogP contribution in [0, 0.1) is 0 Å². The lowest BCUT2D eigenvalue weighted by Crippen LogP contribution is -2.35. The number of carbonyl (C=O) groups excluding carboxylic acids is 3. The number of nitrogens with one attached hydrogen (secondary N) is 1. The molecule has 0 saturated carbocycles. The van der Waals surface area contributed by atoms with Crippen molar-refractivity contribution in [3.05, 3.63) is 76.2 Å². The molecule has 1 aromatic heterocycles. The third-order valence-electron chi connectivity index (χ3n) is 5.93. The van der Waals surface area contributed by atoms with Gasteiger partial charge in [0.05, 0.1) is 24.3 Å². The molecule has 0 saturated heterocycles. The van der Waals surface area contributed by atoms with E-state index in [0.717, 1.165) is 21.8 Å². The summed E-state index contributed by atoms with van der Waals surface area (Å²) in [6.07, 6.45) is 0.205. The minimum Gasteiger partial charge on any atom is -0.772 e. The molecule has 2 unspecified atom stereocenters. The predicted octanol–water partition coefficient (Wildman–Crippen LogP) is 4.29. The number of carbonyl (C=O) groups is 3. The van der Waals surface area contributed by atoms with E-state index in [1.807, 2.05) is 30.3 Å². The van der Waals surface area contributed by atoms with Gasteiger partial charge >= 0.3 is 0 Å². The molecule has 0 spiro atoms. The van der Waals surface area contributed by atoms with Gasteiger partial charge in [-0.2, -0.15) is 0 Å². The first-order valence-electron chi connectivity index (χ1n) is 11.5. The van der Waals surface area contributed by atoms with Crippen LogP contribution >= 0.6 is 11.3 Å². The number of imide groups is 1. The average molecular weight is 542 g/mol. The van der Waals surface area contributed by atoms with Crippen LogP contribution in [-0.2, 0) is 22.5 Å². The van der Waals surface area contributed by atoms with E-state index in [-0.39, 0.29) is 42.2 Å². The van der Waals surface area contributed by atoms with Crippen molar-refractivity contribution in [3.63, 3.8) is 0 Å². The van der Waals surface area contributed by atoms with Gasteiger partial charge in [0.25, 0.3) is 11.8 Å². The van der Waals surface area contributed by atoms with Crippen LogP contribution in [0.15, 0.2) is 53.9 Å². The molecule has 194 valence electrons. The minimum atomic E-state index is -2.39. The molecule has 0 aliphatic carbocycles. The first-order valence-corrected chi connectivity index (χ1v) is 13.7. The highest BCUT2D eigenvalue weighted by molar-refractivity contribution is 7.79. The van der Waals surface area contributed by atoms with Crippen molar-refractivity contribution >= 4 is 45.1 Å². The van der Waals surface area contributed by atoms with Crippen molar-refractivity contribution in [2.45, 2.75) is 32.4 Å². The molecular weight excluding hydrogens is 516 g/mol. The maximum Gasteiger partial charge on any atom is 0.265 e. The van der Waals surface area contributed by atoms with Crippen LogP contribution in [0.2, 0.25) is 0 Å². The predicted molar refractivity (Wildman–Crippen MR) is 139 cm³/mol. The van der Waals surface area contributed by atoms with Crippen LogP contribution in [-0.4, -0.2) is 44.2 Å². The van der Waals surface area contributed by atoms with Crippen LogP contribution in [0.4, 0.5) is 5.00 Å². The molecule has 2 atom stereocenters. The SMILES string of the molecule is CCC(=O)Nc1scc2c1C(=O)N(C(CCS(=O)[O-])c1ccc(OC)c(OCc3ccccc3)c1)C2=O. The van der Waals surface area contributed by atoms with Gasteiger partial charge in [-0.3, -0.25) is 23.5 Å². The van der Waals surface area contributed by atoms with Crippen LogP contribution < -0.4 is 14.8 Å². The smallest absolute Gasteiger partial charge is 0.265 e. The van der Waals surface area contributed by atoms with Crippen LogP contribution in [0.3, 0.4) is 0 Å². The van der Waals surface area contributed by atoms with E-state index in [0.29, 0.717) is 22.1 Å². The van der Waals surface area contributed by atoms with E-state index in [4.69, 9.17) is 9.47 Å². The second-order valence-electron chi connectivity index (χ2n) is 8.23. The number of fused-ring (bicyclic) bond motifs is 1. The largest absolute Gasteiger partial charge is 0.772 e. The van der Waals surface area contributed by atoms with E-state index in [1.54, 1.807) is 25.1 Å². The standard InChI is InChI=1S/C26H26N2O7S2/c1-3-22(29)27-24-23-18(15-36-24)25(30)28(26(23)31)19(11-12-37(32)33)17-9-10-20(34-2)21(13-17)35-14-16-7-5-4-6-8-16/h4-10,13,15,19H,3,11-12,14H2,1-2H3,(H,27,29)(H,32,33)/p-1. The topological polar surface area (TPSA) is 125 Å². The van der Waals surface area contributed by atoms with E-state index < -0.39 is 28.9 Å². The van der Waals surface area contributed by atoms with Gasteiger partial charge in [0.1, 0.15) is 11.6 Å². The number of benzene rings is 2. The molecule has 0 fully saturated rings. The minimum absolute atomic E-state index is 0.0115. The zero-order chi connectivity index (χ0) is 26.5. The molecule has 2 aromatic carbocycles. The van der Waals surface area contributed by atoms with Gasteiger partial charge < -0.3 is 19.3 Å². The third kappa shape index (κ3) is 5.74. The summed E-state index contributed by atoms with van der Waals surface area (Å²) in [6.45, 7) is 1.94. The zero-order valence-electron chi connectivity index (χ0n) is 20.2. The van der Waals surface area contributed by atoms with Crippen molar-refractivity contribution in [2.24, 2.45) is 0 Å². The van der Waals surface area contributed by atoms with Crippen LogP contribution in [0.25, 0.3) is 0 Å². The van der Waals surface area contributed by atoms with Crippen molar-refractivity contribution in [2.75, 3.05) is 18.2 Å². The molecule has 0 radical (unpaired) electrons. The van der Waals surface area contributed by atoms with Crippen molar-refractivity contribution < 1.29 is 32.6 Å². The number of nitrogens with zero attached hydrogens (tertiary/aromatic N) is 1. The quantitative estimate of drug-likeness (QED) is 0.284. The second-order valence-corrected chi connectivity index (χ2v) is 10.1. The van der Waals surface area contributed by atoms with Crippen LogP contribution in [0.5, 0.6) is 11.5 Å². The summed E-state index contributed by atoms with van der Waals surface area (Å²) < 4.78 is 34.3. The first-order chi connectivity index (χ1) is 17.8. The molecule has 4 rings (SSSR count). The van der Waals surface area contributed by atoms with Gasteiger partial charge in [-0.1, -0.05) is 54.4 Å². The Balaban J connectivity index is 1.68. The fourth-order valence-corrected chi connectivity index (χ4v) is 5.42. The normalized spacial score (nSPS) is 14.3. The summed E-state index contributed by atoms with van der Waals surface area (Å²) >= 11 is -1.28. The maximum absolute atomic E-state index is 13.5. The Bertz CT molecular complexity index is 1340. The summed E-state index contributed by atoms with van der Waals surface area (Å²) in [7, 11) is 1.50. The van der Waals surface area contributed by atoms with Crippen molar-refractivity contribution in [3.8, 4) is 11.5 Å². The Morgan fingerprint density at radius 1 is 1.14 bits per heavy atom. The summed E-state index contributed by atoms with van der Waals surface area (Å²) in [6, 6.07) is 13.6. The number of rotatable bonds is 11. The maximum atomic E-state index is 13.5. The number of hydrogen-bond donors (Lipinski definition) is 1. The molecule has 2 heterocycles. The van der Waals surface area contributed by atoms with E-state index in [1.165, 1.54) is 12.5 Å². The highest BCUT2D eigenvalue weighted by Gasteiger charge is 2.43. The molecule has 0 bridgehead atoms. The Kier molecular flexibility index (Phi) is 8.37. The monoisotopic (exact) mass is 541 g/mol. The number of ether oxygens (including phenoxy) is 2. The van der Waals surface area contributed by atoms with E-state index in [9.17, 15) is 23.1 Å². The summed E-state index contributed by atoms with van der Waals surface area (Å²) in [5.41, 5.74) is 1.76. The molecule has 11 heteroatoms. The lowest BCUT2D eigenvalue weighted by Gasteiger charge is -2.28. The lowest BCUT2D eigenvalue weighted by atomic mass is 10.0. The summed E-state index contributed by atoms with van der Waals surface area (Å²) in [5.74, 6) is -0.832. The van der Waals surface area contributed by atoms with Gasteiger partial charge in [0.2, 0.25) is 5.91 Å². The molecule has 3 amide bonds. The molecular formula is C26H25N2O7S2-. The van der Waals surface area contributed by atoms with Crippen molar-refractivity contribution in [1.82, 2.24) is 4.90 Å². The average Bonchev–Trinajstić information content (AvgIpc) is 3.42. The fourth-order valence-electron chi connectivity index (χ4n) is 4.06. The van der Waals surface area contributed by atoms with Gasteiger partial charge in [0.15, 0.2) is 11.5 Å². The van der Waals surface area contributed by atoms with Gasteiger partial charge in [-0.15, -0.1) is 11.3 Å². The highest BCUT2D eigenvalue weighted by Crippen LogP contribution is 2.41. The van der Waals surface area contributed by atoms with Crippen LogP contribution in [0.1, 0.15) is 57.7 Å². The lowest BCUT2D eigenvalue weighted by molar-refractivity contribution is -0.115.